The lowest BCUT2D eigenvalue weighted by atomic mass is 9.98. The molecule has 32 heavy (non-hydrogen) atoms. The van der Waals surface area contributed by atoms with Crippen molar-refractivity contribution in [2.75, 3.05) is 13.7 Å². The van der Waals surface area contributed by atoms with Crippen molar-refractivity contribution in [3.8, 4) is 5.95 Å². The molecule has 2 aromatic carbocycles. The highest BCUT2D eigenvalue weighted by Crippen LogP contribution is 2.36. The number of ether oxygens (including phenoxy) is 2. The third-order valence-corrected chi connectivity index (χ3v) is 6.72. The number of nitrogens with zero attached hydrogens (tertiary/aromatic N) is 3. The molecule has 6 rings (SSSR count). The molecule has 2 atom stereocenters. The van der Waals surface area contributed by atoms with Crippen LogP contribution >= 0.6 is 0 Å². The monoisotopic (exact) mass is 430 g/mol. The molecule has 1 saturated heterocycles. The molecular weight excluding hydrogens is 404 g/mol. The Morgan fingerprint density at radius 3 is 2.75 bits per heavy atom. The van der Waals surface area contributed by atoms with Gasteiger partial charge in [0.2, 0.25) is 5.95 Å². The van der Waals surface area contributed by atoms with Gasteiger partial charge in [-0.1, -0.05) is 30.3 Å². The molecule has 0 saturated carbocycles. The third-order valence-electron chi connectivity index (χ3n) is 6.72. The van der Waals surface area contributed by atoms with Gasteiger partial charge in [-0.05, 0) is 43.0 Å². The fraction of sp³-hybridized carbons (Fsp3) is 0.360. The summed E-state index contributed by atoms with van der Waals surface area (Å²) in [6.45, 7) is 1.34. The average molecular weight is 431 g/mol. The summed E-state index contributed by atoms with van der Waals surface area (Å²) in [6, 6.07) is 16.3. The number of methoxy groups -OCH3 is 1. The third kappa shape index (κ3) is 2.96. The van der Waals surface area contributed by atoms with Crippen LogP contribution in [-0.2, 0) is 27.2 Å². The van der Waals surface area contributed by atoms with Gasteiger partial charge in [0.25, 0.3) is 0 Å². The molecule has 0 spiro atoms. The summed E-state index contributed by atoms with van der Waals surface area (Å²) in [5.74, 6) is 0.643. The molecule has 4 heterocycles. The van der Waals surface area contributed by atoms with Crippen molar-refractivity contribution >= 4 is 27.9 Å². The van der Waals surface area contributed by atoms with Crippen LogP contribution in [0.5, 0.6) is 0 Å². The molecule has 7 nitrogen and oxygen atoms in total. The fourth-order valence-corrected chi connectivity index (χ4v) is 5.21. The van der Waals surface area contributed by atoms with Gasteiger partial charge in [-0.3, -0.25) is 19.2 Å². The highest BCUT2D eigenvalue weighted by atomic mass is 16.5. The number of carbonyl (C=O) groups is 1. The molecule has 2 aliphatic rings. The maximum Gasteiger partial charge on any atom is 0.323 e. The molecule has 164 valence electrons. The van der Waals surface area contributed by atoms with Crippen molar-refractivity contribution in [2.24, 2.45) is 0 Å². The van der Waals surface area contributed by atoms with E-state index < -0.39 is 0 Å². The smallest absolute Gasteiger partial charge is 0.323 e. The average Bonchev–Trinajstić information content (AvgIpc) is 3.39. The second-order valence-electron chi connectivity index (χ2n) is 8.53. The van der Waals surface area contributed by atoms with Crippen LogP contribution in [0, 0.1) is 0 Å². The number of para-hydroxylation sites is 3. The molecule has 1 N–H and O–H groups in total. The molecule has 2 aliphatic heterocycles. The van der Waals surface area contributed by atoms with Gasteiger partial charge in [-0.25, -0.2) is 4.98 Å². The van der Waals surface area contributed by atoms with Gasteiger partial charge < -0.3 is 9.47 Å². The largest absolute Gasteiger partial charge is 0.468 e. The van der Waals surface area contributed by atoms with Gasteiger partial charge in [0.05, 0.1) is 23.7 Å². The van der Waals surface area contributed by atoms with Crippen molar-refractivity contribution in [1.82, 2.24) is 19.4 Å². The van der Waals surface area contributed by atoms with Crippen molar-refractivity contribution in [1.29, 1.82) is 0 Å². The second kappa shape index (κ2) is 7.76. The van der Waals surface area contributed by atoms with Crippen molar-refractivity contribution in [2.45, 2.75) is 44.5 Å². The van der Waals surface area contributed by atoms with Crippen LogP contribution < -0.4 is 5.32 Å². The molecule has 4 aromatic rings. The SMILES string of the molecule is COC(=O)[C@@H]1Cc2c(n(-c3nc4ccccc4n3C3CCCCO3)c3ccccc23)CN1. The van der Waals surface area contributed by atoms with Crippen molar-refractivity contribution in [3.05, 3.63) is 59.8 Å². The van der Waals surface area contributed by atoms with Crippen LogP contribution in [0.2, 0.25) is 0 Å². The van der Waals surface area contributed by atoms with E-state index in [1.54, 1.807) is 0 Å². The Kier molecular flexibility index (Phi) is 4.73. The van der Waals surface area contributed by atoms with Crippen LogP contribution in [0.4, 0.5) is 0 Å². The van der Waals surface area contributed by atoms with E-state index in [1.807, 2.05) is 6.07 Å². The van der Waals surface area contributed by atoms with E-state index in [4.69, 9.17) is 14.5 Å². The van der Waals surface area contributed by atoms with Crippen molar-refractivity contribution in [3.63, 3.8) is 0 Å². The Labute approximate surface area is 185 Å². The first-order valence-electron chi connectivity index (χ1n) is 11.3. The number of aromatic nitrogens is 3. The number of benzene rings is 2. The van der Waals surface area contributed by atoms with E-state index >= 15 is 0 Å². The van der Waals surface area contributed by atoms with Gasteiger partial charge in [-0.15, -0.1) is 0 Å². The standard InChI is InChI=1S/C25H26N4O3/c1-31-24(30)19-14-17-16-8-2-4-10-20(16)28(22(17)15-26-19)25-27-18-9-3-5-11-21(18)29(25)23-12-6-7-13-32-23/h2-5,8-11,19,23,26H,6-7,12-15H2,1H3/t19-,23?/m0/s1. The Morgan fingerprint density at radius 1 is 1.12 bits per heavy atom. The second-order valence-corrected chi connectivity index (χ2v) is 8.53. The first-order valence-corrected chi connectivity index (χ1v) is 11.3. The van der Waals surface area contributed by atoms with E-state index in [2.05, 4.69) is 56.9 Å². The van der Waals surface area contributed by atoms with Gasteiger partial charge in [0.15, 0.2) is 0 Å². The Bertz CT molecular complexity index is 1320. The number of hydrogen-bond acceptors (Lipinski definition) is 5. The molecule has 1 fully saturated rings. The molecule has 0 amide bonds. The van der Waals surface area contributed by atoms with Crippen molar-refractivity contribution < 1.29 is 14.3 Å². The first kappa shape index (κ1) is 19.5. The Morgan fingerprint density at radius 2 is 1.94 bits per heavy atom. The molecule has 0 radical (unpaired) electrons. The minimum absolute atomic E-state index is 0.0395. The molecule has 0 aliphatic carbocycles. The van der Waals surface area contributed by atoms with Gasteiger partial charge >= 0.3 is 5.97 Å². The number of rotatable bonds is 3. The lowest BCUT2D eigenvalue weighted by Crippen LogP contribution is -2.42. The van der Waals surface area contributed by atoms with Crippen LogP contribution in [0.15, 0.2) is 48.5 Å². The van der Waals surface area contributed by atoms with E-state index in [-0.39, 0.29) is 18.2 Å². The zero-order valence-electron chi connectivity index (χ0n) is 18.1. The summed E-state index contributed by atoms with van der Waals surface area (Å²) in [4.78, 5) is 17.3. The topological polar surface area (TPSA) is 70.3 Å². The van der Waals surface area contributed by atoms with Crippen LogP contribution in [0.1, 0.15) is 36.7 Å². The molecule has 1 unspecified atom stereocenters. The molecule has 2 aromatic heterocycles. The van der Waals surface area contributed by atoms with Gasteiger partial charge in [0.1, 0.15) is 12.3 Å². The van der Waals surface area contributed by atoms with Gasteiger partial charge in [-0.2, -0.15) is 0 Å². The Balaban J connectivity index is 1.60. The predicted molar refractivity (Wildman–Crippen MR) is 122 cm³/mol. The molecular formula is C25H26N4O3. The number of esters is 1. The highest BCUT2D eigenvalue weighted by Gasteiger charge is 2.32. The van der Waals surface area contributed by atoms with Crippen LogP contribution in [0.3, 0.4) is 0 Å². The highest BCUT2D eigenvalue weighted by molar-refractivity contribution is 5.89. The van der Waals surface area contributed by atoms with E-state index in [9.17, 15) is 4.79 Å². The quantitative estimate of drug-likeness (QED) is 0.500. The number of fused-ring (bicyclic) bond motifs is 4. The number of hydrogen-bond donors (Lipinski definition) is 1. The summed E-state index contributed by atoms with van der Waals surface area (Å²) in [5.41, 5.74) is 5.45. The number of nitrogens with one attached hydrogen (secondary N) is 1. The van der Waals surface area contributed by atoms with E-state index in [1.165, 1.54) is 12.7 Å². The molecule has 7 heteroatoms. The lowest BCUT2D eigenvalue weighted by Gasteiger charge is -2.27. The Hall–Kier alpha value is -3.16. The zero-order chi connectivity index (χ0) is 21.7. The number of imidazole rings is 1. The van der Waals surface area contributed by atoms with Gasteiger partial charge in [0, 0.05) is 30.7 Å². The minimum Gasteiger partial charge on any atom is -0.468 e. The summed E-state index contributed by atoms with van der Waals surface area (Å²) in [6.07, 6.45) is 3.76. The van der Waals surface area contributed by atoms with Crippen LogP contribution in [-0.4, -0.2) is 39.8 Å². The lowest BCUT2D eigenvalue weighted by molar-refractivity contribution is -0.143. The maximum atomic E-state index is 12.2. The summed E-state index contributed by atoms with van der Waals surface area (Å²) < 4.78 is 15.7. The summed E-state index contributed by atoms with van der Waals surface area (Å²) >= 11 is 0. The normalized spacial score (nSPS) is 21.0. The zero-order valence-corrected chi connectivity index (χ0v) is 18.1. The number of carbonyl (C=O) groups excluding carboxylic acids is 1. The summed E-state index contributed by atoms with van der Waals surface area (Å²) in [5, 5.41) is 4.52. The minimum atomic E-state index is -0.341. The summed E-state index contributed by atoms with van der Waals surface area (Å²) in [7, 11) is 1.44. The maximum absolute atomic E-state index is 12.2. The van der Waals surface area contributed by atoms with Crippen LogP contribution in [0.25, 0.3) is 27.9 Å². The van der Waals surface area contributed by atoms with E-state index in [0.717, 1.165) is 59.4 Å². The fourth-order valence-electron chi connectivity index (χ4n) is 5.21. The predicted octanol–water partition coefficient (Wildman–Crippen LogP) is 3.87. The molecule has 0 bridgehead atoms. The van der Waals surface area contributed by atoms with E-state index in [0.29, 0.717) is 13.0 Å². The first-order chi connectivity index (χ1) is 15.8.